The van der Waals surface area contributed by atoms with E-state index in [0.717, 1.165) is 18.8 Å². The highest BCUT2D eigenvalue weighted by Crippen LogP contribution is 1.95. The lowest BCUT2D eigenvalue weighted by Gasteiger charge is -2.07. The van der Waals surface area contributed by atoms with E-state index in [1.165, 1.54) is 0 Å². The fraction of sp³-hybridized carbons (Fsp3) is 0.667. The Morgan fingerprint density at radius 2 is 2.38 bits per heavy atom. The third-order valence-corrected chi connectivity index (χ3v) is 1.70. The topological polar surface area (TPSA) is 53.1 Å². The quantitative estimate of drug-likeness (QED) is 0.733. The van der Waals surface area contributed by atoms with Crippen molar-refractivity contribution < 1.29 is 4.74 Å². The molecule has 74 valence electrons. The minimum Gasteiger partial charge on any atom is -0.377 e. The van der Waals surface area contributed by atoms with Crippen LogP contribution in [0.1, 0.15) is 19.5 Å². The van der Waals surface area contributed by atoms with Crippen LogP contribution in [-0.4, -0.2) is 22.3 Å². The average Bonchev–Trinajstić information content (AvgIpc) is 2.52. The number of aromatic nitrogens is 2. The first-order valence-corrected chi connectivity index (χ1v) is 4.54. The molecule has 0 saturated carbocycles. The normalized spacial score (nSPS) is 11.1. The number of imidazole rings is 1. The first-order chi connectivity index (χ1) is 6.22. The van der Waals surface area contributed by atoms with Crippen LogP contribution in [-0.2, 0) is 17.8 Å². The van der Waals surface area contributed by atoms with Gasteiger partial charge in [-0.2, -0.15) is 0 Å². The van der Waals surface area contributed by atoms with Crippen molar-refractivity contribution >= 4 is 0 Å². The summed E-state index contributed by atoms with van der Waals surface area (Å²) < 4.78 is 7.40. The van der Waals surface area contributed by atoms with Gasteiger partial charge in [0, 0.05) is 19.3 Å². The molecule has 13 heavy (non-hydrogen) atoms. The molecule has 0 aromatic carbocycles. The minimum atomic E-state index is 0.289. The fourth-order valence-electron chi connectivity index (χ4n) is 1.03. The predicted octanol–water partition coefficient (Wildman–Crippen LogP) is 0.767. The minimum absolute atomic E-state index is 0.289. The number of hydrogen-bond acceptors (Lipinski definition) is 3. The Hall–Kier alpha value is -0.870. The molecule has 1 aromatic rings. The maximum atomic E-state index is 5.43. The van der Waals surface area contributed by atoms with Crippen molar-refractivity contribution in [2.75, 3.05) is 6.61 Å². The second kappa shape index (κ2) is 4.99. The summed E-state index contributed by atoms with van der Waals surface area (Å²) in [5.74, 6) is 0. The van der Waals surface area contributed by atoms with Crippen LogP contribution >= 0.6 is 0 Å². The van der Waals surface area contributed by atoms with E-state index in [1.54, 1.807) is 6.33 Å². The number of rotatable bonds is 5. The van der Waals surface area contributed by atoms with Gasteiger partial charge in [0.05, 0.1) is 24.7 Å². The Morgan fingerprint density at radius 1 is 1.62 bits per heavy atom. The Bertz CT molecular complexity index is 245. The number of nitrogens with zero attached hydrogens (tertiary/aromatic N) is 2. The molecular weight excluding hydrogens is 166 g/mol. The van der Waals surface area contributed by atoms with Crippen LogP contribution in [0.4, 0.5) is 0 Å². The van der Waals surface area contributed by atoms with Gasteiger partial charge < -0.3 is 15.0 Å². The Balaban J connectivity index is 2.28. The summed E-state index contributed by atoms with van der Waals surface area (Å²) in [5.41, 5.74) is 6.35. The van der Waals surface area contributed by atoms with Gasteiger partial charge in [0.1, 0.15) is 0 Å². The van der Waals surface area contributed by atoms with Gasteiger partial charge in [0.25, 0.3) is 0 Å². The molecule has 0 aliphatic carbocycles. The van der Waals surface area contributed by atoms with E-state index >= 15 is 0 Å². The van der Waals surface area contributed by atoms with E-state index in [2.05, 4.69) is 4.98 Å². The summed E-state index contributed by atoms with van der Waals surface area (Å²) in [4.78, 5) is 4.11. The van der Waals surface area contributed by atoms with Gasteiger partial charge in [0.2, 0.25) is 0 Å². The van der Waals surface area contributed by atoms with Crippen molar-refractivity contribution in [3.05, 3.63) is 18.2 Å². The maximum absolute atomic E-state index is 5.43. The van der Waals surface area contributed by atoms with Crippen LogP contribution in [0.3, 0.4) is 0 Å². The third kappa shape index (κ3) is 3.57. The molecule has 0 amide bonds. The highest BCUT2D eigenvalue weighted by molar-refractivity contribution is 4.95. The van der Waals surface area contributed by atoms with Gasteiger partial charge >= 0.3 is 0 Å². The van der Waals surface area contributed by atoms with Crippen LogP contribution in [0, 0.1) is 0 Å². The van der Waals surface area contributed by atoms with Crippen molar-refractivity contribution in [3.63, 3.8) is 0 Å². The van der Waals surface area contributed by atoms with Gasteiger partial charge in [-0.25, -0.2) is 4.98 Å². The van der Waals surface area contributed by atoms with Gasteiger partial charge in [0.15, 0.2) is 0 Å². The average molecular weight is 183 g/mol. The molecule has 1 heterocycles. The fourth-order valence-corrected chi connectivity index (χ4v) is 1.03. The summed E-state index contributed by atoms with van der Waals surface area (Å²) in [7, 11) is 0. The zero-order valence-corrected chi connectivity index (χ0v) is 8.23. The van der Waals surface area contributed by atoms with E-state index in [4.69, 9.17) is 10.5 Å². The van der Waals surface area contributed by atoms with Gasteiger partial charge in [-0.1, -0.05) is 0 Å². The summed E-state index contributed by atoms with van der Waals surface area (Å²) in [6.07, 6.45) is 4.02. The van der Waals surface area contributed by atoms with Crippen LogP contribution in [0.2, 0.25) is 0 Å². The van der Waals surface area contributed by atoms with Crippen molar-refractivity contribution in [1.29, 1.82) is 0 Å². The van der Waals surface area contributed by atoms with Crippen LogP contribution in [0.5, 0.6) is 0 Å². The second-order valence-electron chi connectivity index (χ2n) is 3.23. The summed E-state index contributed by atoms with van der Waals surface area (Å²) in [6.45, 7) is 6.11. The second-order valence-corrected chi connectivity index (χ2v) is 3.23. The van der Waals surface area contributed by atoms with Crippen LogP contribution in [0.25, 0.3) is 0 Å². The first-order valence-electron chi connectivity index (χ1n) is 4.54. The molecule has 0 atom stereocenters. The van der Waals surface area contributed by atoms with E-state index in [1.807, 2.05) is 24.6 Å². The molecular formula is C9H17N3O. The number of ether oxygens (including phenoxy) is 1. The van der Waals surface area contributed by atoms with Crippen molar-refractivity contribution in [2.45, 2.75) is 33.0 Å². The zero-order chi connectivity index (χ0) is 9.68. The van der Waals surface area contributed by atoms with Gasteiger partial charge in [-0.3, -0.25) is 0 Å². The van der Waals surface area contributed by atoms with E-state index < -0.39 is 0 Å². The van der Waals surface area contributed by atoms with E-state index in [9.17, 15) is 0 Å². The Kier molecular flexibility index (Phi) is 3.92. The third-order valence-electron chi connectivity index (χ3n) is 1.70. The molecule has 4 nitrogen and oxygen atoms in total. The Labute approximate surface area is 78.7 Å². The van der Waals surface area contributed by atoms with Crippen LogP contribution in [0.15, 0.2) is 12.5 Å². The summed E-state index contributed by atoms with van der Waals surface area (Å²) in [6, 6.07) is 0. The Morgan fingerprint density at radius 3 is 2.92 bits per heavy atom. The molecule has 0 aliphatic rings. The highest BCUT2D eigenvalue weighted by Gasteiger charge is 1.97. The van der Waals surface area contributed by atoms with Gasteiger partial charge in [-0.15, -0.1) is 0 Å². The molecule has 0 unspecified atom stereocenters. The molecule has 0 fully saturated rings. The lowest BCUT2D eigenvalue weighted by Crippen LogP contribution is -2.09. The van der Waals surface area contributed by atoms with E-state index in [-0.39, 0.29) is 6.10 Å². The monoisotopic (exact) mass is 183 g/mol. The van der Waals surface area contributed by atoms with E-state index in [0.29, 0.717) is 6.54 Å². The SMILES string of the molecule is CC(C)OCCn1cnc(CN)c1. The molecule has 0 spiro atoms. The molecule has 0 bridgehead atoms. The smallest absolute Gasteiger partial charge is 0.0950 e. The number of nitrogens with two attached hydrogens (primary N) is 1. The zero-order valence-electron chi connectivity index (χ0n) is 8.23. The molecule has 4 heteroatoms. The summed E-state index contributed by atoms with van der Waals surface area (Å²) in [5, 5.41) is 0. The largest absolute Gasteiger partial charge is 0.377 e. The standard InChI is InChI=1S/C9H17N3O/c1-8(2)13-4-3-12-6-9(5-10)11-7-12/h6-8H,3-5,10H2,1-2H3. The molecule has 0 saturated heterocycles. The van der Waals surface area contributed by atoms with Crippen molar-refractivity contribution in [2.24, 2.45) is 5.73 Å². The highest BCUT2D eigenvalue weighted by atomic mass is 16.5. The molecule has 2 N–H and O–H groups in total. The first kappa shape index (κ1) is 10.2. The predicted molar refractivity (Wildman–Crippen MR) is 51.2 cm³/mol. The summed E-state index contributed by atoms with van der Waals surface area (Å²) >= 11 is 0. The molecule has 1 aromatic heterocycles. The van der Waals surface area contributed by atoms with Crippen molar-refractivity contribution in [1.82, 2.24) is 9.55 Å². The lowest BCUT2D eigenvalue weighted by molar-refractivity contribution is 0.0727. The van der Waals surface area contributed by atoms with Crippen LogP contribution < -0.4 is 5.73 Å². The van der Waals surface area contributed by atoms with Crippen molar-refractivity contribution in [3.8, 4) is 0 Å². The molecule has 0 radical (unpaired) electrons. The molecule has 1 rings (SSSR count). The lowest BCUT2D eigenvalue weighted by atomic mass is 10.5. The molecule has 0 aliphatic heterocycles. The maximum Gasteiger partial charge on any atom is 0.0950 e. The number of hydrogen-bond donors (Lipinski definition) is 1. The van der Waals surface area contributed by atoms with Gasteiger partial charge in [-0.05, 0) is 13.8 Å².